The minimum atomic E-state index is -0.273. The van der Waals surface area contributed by atoms with Crippen LogP contribution in [0.5, 0.6) is 0 Å². The maximum absolute atomic E-state index is 11.8. The summed E-state index contributed by atoms with van der Waals surface area (Å²) in [6.45, 7) is 0.273. The first-order valence-corrected chi connectivity index (χ1v) is 7.20. The molecule has 0 aromatic carbocycles. The van der Waals surface area contributed by atoms with Gasteiger partial charge in [-0.1, -0.05) is 12.8 Å². The molecule has 6 heteroatoms. The van der Waals surface area contributed by atoms with Crippen LogP contribution in [0.2, 0.25) is 0 Å². The predicted molar refractivity (Wildman–Crippen MR) is 76.9 cm³/mol. The Bertz CT molecular complexity index is 430. The van der Waals surface area contributed by atoms with Gasteiger partial charge < -0.3 is 15.7 Å². The summed E-state index contributed by atoms with van der Waals surface area (Å²) in [5, 5.41) is 15.3. The van der Waals surface area contributed by atoms with Crippen molar-refractivity contribution in [1.82, 2.24) is 10.3 Å². The van der Waals surface area contributed by atoms with Gasteiger partial charge in [0.25, 0.3) is 0 Å². The van der Waals surface area contributed by atoms with Crippen molar-refractivity contribution < 1.29 is 9.90 Å². The van der Waals surface area contributed by atoms with Crippen LogP contribution < -0.4 is 10.6 Å². The van der Waals surface area contributed by atoms with Crippen molar-refractivity contribution in [2.75, 3.05) is 18.5 Å². The fraction of sp³-hybridized carbons (Fsp3) is 0.538. The number of amides is 1. The number of aliphatic hydroxyl groups excluding tert-OH is 1. The molecule has 0 aliphatic heterocycles. The van der Waals surface area contributed by atoms with Gasteiger partial charge in [-0.3, -0.25) is 4.79 Å². The molecular weight excluding hydrogens is 310 g/mol. The van der Waals surface area contributed by atoms with E-state index in [9.17, 15) is 9.90 Å². The highest BCUT2D eigenvalue weighted by Crippen LogP contribution is 2.28. The Morgan fingerprint density at radius 1 is 1.42 bits per heavy atom. The summed E-state index contributed by atoms with van der Waals surface area (Å²) >= 11 is 3.29. The van der Waals surface area contributed by atoms with Crippen LogP contribution >= 0.6 is 15.9 Å². The molecule has 1 fully saturated rings. The number of anilines is 1. The number of aromatic nitrogens is 1. The third kappa shape index (κ3) is 3.99. The molecule has 0 bridgehead atoms. The number of hydrogen-bond acceptors (Lipinski definition) is 4. The molecule has 3 N–H and O–H groups in total. The number of halogens is 1. The highest BCUT2D eigenvalue weighted by atomic mass is 79.9. The number of carbonyl (C=O) groups is 1. The summed E-state index contributed by atoms with van der Waals surface area (Å²) in [6, 6.07) is 3.56. The number of rotatable bonds is 5. The van der Waals surface area contributed by atoms with E-state index in [1.807, 2.05) is 6.07 Å². The standard InChI is InChI=1S/C13H18BrN3O2/c14-10-3-4-11(15-7-10)17-12(19)8-16-13(9-18)5-1-2-6-13/h3-4,7,16,18H,1-2,5-6,8-9H2,(H,15,17,19). The Morgan fingerprint density at radius 3 is 2.74 bits per heavy atom. The zero-order valence-corrected chi connectivity index (χ0v) is 12.2. The van der Waals surface area contributed by atoms with E-state index in [-0.39, 0.29) is 24.6 Å². The van der Waals surface area contributed by atoms with Gasteiger partial charge in [-0.25, -0.2) is 4.98 Å². The highest BCUT2D eigenvalue weighted by molar-refractivity contribution is 9.10. The third-order valence-electron chi connectivity index (χ3n) is 3.48. The topological polar surface area (TPSA) is 74.2 Å². The number of hydrogen-bond donors (Lipinski definition) is 3. The van der Waals surface area contributed by atoms with E-state index < -0.39 is 0 Å². The quantitative estimate of drug-likeness (QED) is 0.769. The zero-order chi connectivity index (χ0) is 13.7. The van der Waals surface area contributed by atoms with E-state index in [1.54, 1.807) is 12.3 Å². The highest BCUT2D eigenvalue weighted by Gasteiger charge is 2.32. The number of pyridine rings is 1. The molecule has 1 amide bonds. The Morgan fingerprint density at radius 2 is 2.16 bits per heavy atom. The normalized spacial score (nSPS) is 17.4. The Kier molecular flexibility index (Phi) is 4.90. The lowest BCUT2D eigenvalue weighted by Crippen LogP contribution is -2.49. The summed E-state index contributed by atoms with van der Waals surface area (Å²) in [7, 11) is 0. The van der Waals surface area contributed by atoms with E-state index >= 15 is 0 Å². The van der Waals surface area contributed by atoms with Gasteiger partial charge in [-0.05, 0) is 40.9 Å². The number of carbonyl (C=O) groups excluding carboxylic acids is 1. The SMILES string of the molecule is O=C(CNC1(CO)CCCC1)Nc1ccc(Br)cn1. The van der Waals surface area contributed by atoms with Crippen molar-refractivity contribution in [3.05, 3.63) is 22.8 Å². The summed E-state index contributed by atoms with van der Waals surface area (Å²) < 4.78 is 0.869. The first-order chi connectivity index (χ1) is 9.13. The van der Waals surface area contributed by atoms with Crippen molar-refractivity contribution in [2.45, 2.75) is 31.2 Å². The lowest BCUT2D eigenvalue weighted by atomic mass is 9.99. The molecule has 0 radical (unpaired) electrons. The van der Waals surface area contributed by atoms with Crippen molar-refractivity contribution in [2.24, 2.45) is 0 Å². The second-order valence-electron chi connectivity index (χ2n) is 4.91. The minimum Gasteiger partial charge on any atom is -0.394 e. The Labute approximate surface area is 120 Å². The molecule has 1 aliphatic carbocycles. The van der Waals surface area contributed by atoms with Crippen LogP contribution in [0, 0.1) is 0 Å². The zero-order valence-electron chi connectivity index (χ0n) is 10.7. The van der Waals surface area contributed by atoms with Gasteiger partial charge in [0.05, 0.1) is 13.2 Å². The van der Waals surface area contributed by atoms with Gasteiger partial charge in [-0.15, -0.1) is 0 Å². The fourth-order valence-electron chi connectivity index (χ4n) is 2.35. The maximum atomic E-state index is 11.8. The summed E-state index contributed by atoms with van der Waals surface area (Å²) in [5.41, 5.74) is -0.273. The van der Waals surface area contributed by atoms with Crippen molar-refractivity contribution >= 4 is 27.7 Å². The molecule has 0 saturated heterocycles. The van der Waals surface area contributed by atoms with E-state index in [0.717, 1.165) is 30.2 Å². The van der Waals surface area contributed by atoms with Crippen LogP contribution in [-0.4, -0.2) is 34.7 Å². The van der Waals surface area contributed by atoms with Gasteiger partial charge in [0.2, 0.25) is 5.91 Å². The largest absolute Gasteiger partial charge is 0.394 e. The van der Waals surface area contributed by atoms with Crippen LogP contribution in [0.3, 0.4) is 0 Å². The molecule has 1 aromatic rings. The molecule has 104 valence electrons. The summed E-state index contributed by atoms with van der Waals surface area (Å²) in [5.74, 6) is 0.383. The second kappa shape index (κ2) is 6.45. The molecule has 1 heterocycles. The smallest absolute Gasteiger partial charge is 0.239 e. The number of nitrogens with one attached hydrogen (secondary N) is 2. The molecule has 19 heavy (non-hydrogen) atoms. The molecule has 0 atom stereocenters. The van der Waals surface area contributed by atoms with Crippen LogP contribution in [0.4, 0.5) is 5.82 Å². The second-order valence-corrected chi connectivity index (χ2v) is 5.82. The van der Waals surface area contributed by atoms with Crippen molar-refractivity contribution in [3.63, 3.8) is 0 Å². The van der Waals surface area contributed by atoms with Crippen molar-refractivity contribution in [3.8, 4) is 0 Å². The third-order valence-corrected chi connectivity index (χ3v) is 3.95. The first kappa shape index (κ1) is 14.4. The molecular formula is C13H18BrN3O2. The molecule has 0 spiro atoms. The number of aliphatic hydroxyl groups is 1. The van der Waals surface area contributed by atoms with E-state index in [0.29, 0.717) is 5.82 Å². The van der Waals surface area contributed by atoms with Gasteiger partial charge in [-0.2, -0.15) is 0 Å². The lowest BCUT2D eigenvalue weighted by molar-refractivity contribution is -0.115. The Balaban J connectivity index is 1.82. The Hall–Kier alpha value is -0.980. The van der Waals surface area contributed by atoms with E-state index in [1.165, 1.54) is 0 Å². The summed E-state index contributed by atoms with van der Waals surface area (Å²) in [6.07, 6.45) is 5.68. The summed E-state index contributed by atoms with van der Waals surface area (Å²) in [4.78, 5) is 15.9. The van der Waals surface area contributed by atoms with E-state index in [2.05, 4.69) is 31.5 Å². The first-order valence-electron chi connectivity index (χ1n) is 6.41. The van der Waals surface area contributed by atoms with Crippen LogP contribution in [0.1, 0.15) is 25.7 Å². The molecule has 1 aliphatic rings. The minimum absolute atomic E-state index is 0.0802. The molecule has 0 unspecified atom stereocenters. The average Bonchev–Trinajstić information content (AvgIpc) is 2.89. The van der Waals surface area contributed by atoms with Crippen LogP contribution in [0.15, 0.2) is 22.8 Å². The van der Waals surface area contributed by atoms with Crippen molar-refractivity contribution in [1.29, 1.82) is 0 Å². The molecule has 1 saturated carbocycles. The van der Waals surface area contributed by atoms with Gasteiger partial charge in [0, 0.05) is 16.2 Å². The van der Waals surface area contributed by atoms with Gasteiger partial charge in [0.1, 0.15) is 5.82 Å². The van der Waals surface area contributed by atoms with Crippen LogP contribution in [-0.2, 0) is 4.79 Å². The average molecular weight is 328 g/mol. The van der Waals surface area contributed by atoms with Gasteiger partial charge >= 0.3 is 0 Å². The van der Waals surface area contributed by atoms with Crippen LogP contribution in [0.25, 0.3) is 0 Å². The van der Waals surface area contributed by atoms with Gasteiger partial charge in [0.15, 0.2) is 0 Å². The van der Waals surface area contributed by atoms with E-state index in [4.69, 9.17) is 0 Å². The lowest BCUT2D eigenvalue weighted by Gasteiger charge is -2.27. The fourth-order valence-corrected chi connectivity index (χ4v) is 2.58. The molecule has 2 rings (SSSR count). The monoisotopic (exact) mass is 327 g/mol. The molecule has 5 nitrogen and oxygen atoms in total. The number of nitrogens with zero attached hydrogens (tertiary/aromatic N) is 1. The maximum Gasteiger partial charge on any atom is 0.239 e. The molecule has 1 aromatic heterocycles. The predicted octanol–water partition coefficient (Wildman–Crippen LogP) is 1.68.